The second-order valence-corrected chi connectivity index (χ2v) is 10.5. The number of hydrogen-bond acceptors (Lipinski definition) is 6. The predicted molar refractivity (Wildman–Crippen MR) is 150 cm³/mol. The zero-order chi connectivity index (χ0) is 27.4. The van der Waals surface area contributed by atoms with Crippen LogP contribution in [0.1, 0.15) is 90.6 Å². The van der Waals surface area contributed by atoms with Crippen LogP contribution in [0.15, 0.2) is 44.2 Å². The first-order valence-electron chi connectivity index (χ1n) is 14.2. The van der Waals surface area contributed by atoms with Gasteiger partial charge < -0.3 is 30.1 Å². The van der Waals surface area contributed by atoms with Gasteiger partial charge in [-0.3, -0.25) is 9.59 Å². The summed E-state index contributed by atoms with van der Waals surface area (Å²) in [7, 11) is 0. The molecule has 4 heterocycles. The second kappa shape index (κ2) is 12.0. The van der Waals surface area contributed by atoms with Crippen LogP contribution in [-0.2, 0) is 9.59 Å². The van der Waals surface area contributed by atoms with Crippen molar-refractivity contribution in [3.05, 3.63) is 46.9 Å². The normalized spacial score (nSPS) is 17.3. The quantitative estimate of drug-likeness (QED) is 0.301. The van der Waals surface area contributed by atoms with Crippen molar-refractivity contribution >= 4 is 35.0 Å². The molecule has 206 valence electrons. The van der Waals surface area contributed by atoms with Gasteiger partial charge in [0, 0.05) is 25.2 Å². The first-order chi connectivity index (χ1) is 18.3. The summed E-state index contributed by atoms with van der Waals surface area (Å²) in [6.07, 6.45) is 8.24. The van der Waals surface area contributed by atoms with Crippen molar-refractivity contribution in [2.75, 3.05) is 24.6 Å². The maximum atomic E-state index is 14.2. The monoisotopic (exact) mass is 522 g/mol. The third-order valence-electron chi connectivity index (χ3n) is 7.87. The topological polar surface area (TPSA) is 119 Å². The van der Waals surface area contributed by atoms with Gasteiger partial charge in [0.25, 0.3) is 11.8 Å². The van der Waals surface area contributed by atoms with E-state index in [1.807, 2.05) is 0 Å². The fourth-order valence-electron chi connectivity index (χ4n) is 5.57. The van der Waals surface area contributed by atoms with E-state index in [9.17, 15) is 9.59 Å². The molecule has 38 heavy (non-hydrogen) atoms. The van der Waals surface area contributed by atoms with E-state index in [2.05, 4.69) is 27.7 Å². The molecule has 4 N–H and O–H groups in total. The number of nitrogens with two attached hydrogens (primary N) is 2. The SMILES string of the molecule is CCCCC(CC)CN1C(=O)C2=C(c3ccc(N)o3)N(CC(CC)CCCC)C(=O)C2=C1c1ccc(N)o1. The van der Waals surface area contributed by atoms with Crippen molar-refractivity contribution in [3.63, 3.8) is 0 Å². The summed E-state index contributed by atoms with van der Waals surface area (Å²) in [6.45, 7) is 9.63. The number of carbonyl (C=O) groups excluding carboxylic acids is 2. The number of carbonyl (C=O) groups is 2. The Morgan fingerprint density at radius 1 is 0.684 bits per heavy atom. The molecule has 0 saturated heterocycles. The van der Waals surface area contributed by atoms with E-state index in [1.165, 1.54) is 0 Å². The van der Waals surface area contributed by atoms with Crippen LogP contribution in [0.25, 0.3) is 11.4 Å². The standard InChI is InChI=1S/C30H42N4O4/c1-5-9-11-19(7-3)17-33-27(21-13-15-23(31)37-21)25-26(29(33)35)28(22-14-16-24(32)38-22)34(30(25)36)18-20(8-4)12-10-6-2/h13-16,19-20H,5-12,17-18,31-32H2,1-4H3. The van der Waals surface area contributed by atoms with Crippen LogP contribution in [0.2, 0.25) is 0 Å². The van der Waals surface area contributed by atoms with Gasteiger partial charge in [-0.25, -0.2) is 0 Å². The molecule has 8 nitrogen and oxygen atoms in total. The number of unbranched alkanes of at least 4 members (excludes halogenated alkanes) is 2. The third kappa shape index (κ3) is 5.26. The molecule has 0 aliphatic carbocycles. The van der Waals surface area contributed by atoms with Gasteiger partial charge in [-0.1, -0.05) is 66.2 Å². The van der Waals surface area contributed by atoms with Crippen LogP contribution < -0.4 is 11.5 Å². The summed E-state index contributed by atoms with van der Waals surface area (Å²) in [5, 5.41) is 0. The van der Waals surface area contributed by atoms with Gasteiger partial charge in [-0.15, -0.1) is 0 Å². The minimum atomic E-state index is -0.206. The van der Waals surface area contributed by atoms with E-state index in [4.69, 9.17) is 20.3 Å². The minimum absolute atomic E-state index is 0.206. The highest BCUT2D eigenvalue weighted by molar-refractivity contribution is 6.29. The number of amides is 2. The molecule has 2 atom stereocenters. The van der Waals surface area contributed by atoms with Crippen molar-refractivity contribution in [1.82, 2.24) is 9.80 Å². The Labute approximate surface area is 225 Å². The molecule has 2 unspecified atom stereocenters. The highest BCUT2D eigenvalue weighted by Crippen LogP contribution is 2.48. The Bertz CT molecular complexity index is 1130. The number of anilines is 2. The molecule has 2 aliphatic heterocycles. The Morgan fingerprint density at radius 3 is 1.37 bits per heavy atom. The highest BCUT2D eigenvalue weighted by atomic mass is 16.4. The minimum Gasteiger partial charge on any atom is -0.439 e. The lowest BCUT2D eigenvalue weighted by atomic mass is 9.98. The second-order valence-electron chi connectivity index (χ2n) is 10.5. The Balaban J connectivity index is 1.86. The van der Waals surface area contributed by atoms with Crippen molar-refractivity contribution in [2.45, 2.75) is 79.1 Å². The number of rotatable bonds is 14. The van der Waals surface area contributed by atoms with Crippen molar-refractivity contribution in [3.8, 4) is 0 Å². The average Bonchev–Trinajstić information content (AvgIpc) is 3.66. The van der Waals surface area contributed by atoms with E-state index in [-0.39, 0.29) is 23.6 Å². The molecule has 8 heteroatoms. The third-order valence-corrected chi connectivity index (χ3v) is 7.87. The fraction of sp³-hybridized carbons (Fsp3) is 0.533. The average molecular weight is 523 g/mol. The summed E-state index contributed by atoms with van der Waals surface area (Å²) in [4.78, 5) is 31.9. The van der Waals surface area contributed by atoms with Gasteiger partial charge in [-0.2, -0.15) is 0 Å². The lowest BCUT2D eigenvalue weighted by Crippen LogP contribution is -2.34. The molecule has 0 saturated carbocycles. The van der Waals surface area contributed by atoms with E-state index in [1.54, 1.807) is 34.1 Å². The zero-order valence-electron chi connectivity index (χ0n) is 23.2. The number of fused-ring (bicyclic) bond motifs is 1. The van der Waals surface area contributed by atoms with Crippen LogP contribution >= 0.6 is 0 Å². The van der Waals surface area contributed by atoms with E-state index < -0.39 is 0 Å². The number of hydrogen-bond donors (Lipinski definition) is 2. The van der Waals surface area contributed by atoms with Gasteiger partial charge in [0.2, 0.25) is 0 Å². The van der Waals surface area contributed by atoms with Crippen LogP contribution in [-0.4, -0.2) is 34.7 Å². The maximum Gasteiger partial charge on any atom is 0.261 e. The first kappa shape index (κ1) is 27.6. The Hall–Kier alpha value is -3.42. The molecule has 0 fully saturated rings. The molecule has 0 radical (unpaired) electrons. The number of nitrogen functional groups attached to an aromatic ring is 2. The van der Waals surface area contributed by atoms with E-state index in [0.29, 0.717) is 59.0 Å². The number of nitrogens with zero attached hydrogens (tertiary/aromatic N) is 2. The van der Waals surface area contributed by atoms with Crippen molar-refractivity contribution in [2.24, 2.45) is 11.8 Å². The van der Waals surface area contributed by atoms with Crippen LogP contribution in [0.4, 0.5) is 11.8 Å². The number of furan rings is 2. The van der Waals surface area contributed by atoms with Gasteiger partial charge >= 0.3 is 0 Å². The molecule has 2 aliphatic rings. The fourth-order valence-corrected chi connectivity index (χ4v) is 5.57. The van der Waals surface area contributed by atoms with Crippen molar-refractivity contribution < 1.29 is 18.4 Å². The molecule has 0 bridgehead atoms. The van der Waals surface area contributed by atoms with Crippen molar-refractivity contribution in [1.29, 1.82) is 0 Å². The maximum absolute atomic E-state index is 14.2. The Kier molecular flexibility index (Phi) is 8.69. The van der Waals surface area contributed by atoms with E-state index >= 15 is 0 Å². The summed E-state index contributed by atoms with van der Waals surface area (Å²) < 4.78 is 11.6. The Morgan fingerprint density at radius 2 is 1.08 bits per heavy atom. The first-order valence-corrected chi connectivity index (χ1v) is 14.2. The van der Waals surface area contributed by atoms with Gasteiger partial charge in [0.05, 0.1) is 11.1 Å². The van der Waals surface area contributed by atoms with Gasteiger partial charge in [0.1, 0.15) is 11.4 Å². The lowest BCUT2D eigenvalue weighted by Gasteiger charge is -2.28. The predicted octanol–water partition coefficient (Wildman–Crippen LogP) is 6.28. The summed E-state index contributed by atoms with van der Waals surface area (Å²) in [5.41, 5.74) is 13.6. The molecular weight excluding hydrogens is 480 g/mol. The summed E-state index contributed by atoms with van der Waals surface area (Å²) in [6, 6.07) is 6.80. The molecule has 2 aromatic heterocycles. The van der Waals surface area contributed by atoms with Gasteiger partial charge in [0.15, 0.2) is 23.3 Å². The summed E-state index contributed by atoms with van der Waals surface area (Å²) >= 11 is 0. The lowest BCUT2D eigenvalue weighted by molar-refractivity contribution is -0.124. The van der Waals surface area contributed by atoms with E-state index in [0.717, 1.165) is 51.4 Å². The van der Waals surface area contributed by atoms with Gasteiger partial charge in [-0.05, 0) is 36.8 Å². The highest BCUT2D eigenvalue weighted by Gasteiger charge is 2.50. The molecule has 0 aromatic carbocycles. The molecule has 2 amide bonds. The zero-order valence-corrected chi connectivity index (χ0v) is 23.2. The molecule has 4 rings (SSSR count). The largest absolute Gasteiger partial charge is 0.439 e. The van der Waals surface area contributed by atoms with Crippen LogP contribution in [0.3, 0.4) is 0 Å². The van der Waals surface area contributed by atoms with Crippen LogP contribution in [0, 0.1) is 11.8 Å². The smallest absolute Gasteiger partial charge is 0.261 e. The molecular formula is C30H42N4O4. The molecule has 2 aromatic rings. The summed E-state index contributed by atoms with van der Waals surface area (Å²) in [5.74, 6) is 1.52. The van der Waals surface area contributed by atoms with Crippen LogP contribution in [0.5, 0.6) is 0 Å². The molecule has 0 spiro atoms.